The van der Waals surface area contributed by atoms with Gasteiger partial charge in [-0.2, -0.15) is 0 Å². The molecule has 1 fully saturated rings. The van der Waals surface area contributed by atoms with E-state index in [1.165, 1.54) is 5.56 Å². The van der Waals surface area contributed by atoms with Crippen LogP contribution in [0.5, 0.6) is 0 Å². The van der Waals surface area contributed by atoms with Crippen LogP contribution >= 0.6 is 0 Å². The number of hydrogen-bond acceptors (Lipinski definition) is 5. The van der Waals surface area contributed by atoms with Gasteiger partial charge in [-0.1, -0.05) is 6.07 Å². The standard InChI is InChI=1S/C21H25N5O/c1-13-17(22)4-2-5-18(13)25-19-9-8-15(12-16(19)14-6-7-14)20(27)26-21-23-10-3-11-24-21/h2,4-5,8-9,12,14,25H,3,6-7,10-11,22H2,1H3,(H2,23,24,26,27). The molecule has 1 amide bonds. The number of guanidine groups is 1. The Labute approximate surface area is 159 Å². The fourth-order valence-electron chi connectivity index (χ4n) is 3.28. The van der Waals surface area contributed by atoms with Crippen molar-refractivity contribution in [2.24, 2.45) is 4.99 Å². The minimum absolute atomic E-state index is 0.128. The first-order valence-electron chi connectivity index (χ1n) is 9.47. The van der Waals surface area contributed by atoms with Gasteiger partial charge in [0.15, 0.2) is 5.96 Å². The van der Waals surface area contributed by atoms with Crippen LogP contribution in [0, 0.1) is 6.92 Å². The highest BCUT2D eigenvalue weighted by Crippen LogP contribution is 2.44. The topological polar surface area (TPSA) is 91.5 Å². The third-order valence-corrected chi connectivity index (χ3v) is 5.11. The number of benzene rings is 2. The summed E-state index contributed by atoms with van der Waals surface area (Å²) >= 11 is 0. The summed E-state index contributed by atoms with van der Waals surface area (Å²) in [6.07, 6.45) is 3.31. The molecule has 0 radical (unpaired) electrons. The molecule has 0 aromatic heterocycles. The van der Waals surface area contributed by atoms with E-state index in [0.29, 0.717) is 17.4 Å². The Bertz CT molecular complexity index is 901. The van der Waals surface area contributed by atoms with Gasteiger partial charge in [-0.3, -0.25) is 15.1 Å². The van der Waals surface area contributed by atoms with Crippen molar-refractivity contribution < 1.29 is 4.79 Å². The van der Waals surface area contributed by atoms with Crippen molar-refractivity contribution in [3.63, 3.8) is 0 Å². The van der Waals surface area contributed by atoms with E-state index in [-0.39, 0.29) is 5.91 Å². The van der Waals surface area contributed by atoms with Crippen LogP contribution in [0.3, 0.4) is 0 Å². The van der Waals surface area contributed by atoms with E-state index in [1.807, 2.05) is 43.3 Å². The van der Waals surface area contributed by atoms with Crippen molar-refractivity contribution in [3.05, 3.63) is 53.1 Å². The zero-order valence-electron chi connectivity index (χ0n) is 15.5. The lowest BCUT2D eigenvalue weighted by Crippen LogP contribution is -2.43. The van der Waals surface area contributed by atoms with Crippen LogP contribution in [-0.2, 0) is 0 Å². The van der Waals surface area contributed by atoms with Crippen molar-refractivity contribution in [2.75, 3.05) is 24.1 Å². The average molecular weight is 363 g/mol. The molecular formula is C21H25N5O. The molecule has 140 valence electrons. The molecule has 6 nitrogen and oxygen atoms in total. The van der Waals surface area contributed by atoms with Gasteiger partial charge in [0.2, 0.25) is 0 Å². The number of nitrogen functional groups attached to an aromatic ring is 1. The predicted octanol–water partition coefficient (Wildman–Crippen LogP) is 3.28. The van der Waals surface area contributed by atoms with Gasteiger partial charge in [-0.15, -0.1) is 0 Å². The molecule has 0 bridgehead atoms. The maximum absolute atomic E-state index is 12.6. The number of amides is 1. The summed E-state index contributed by atoms with van der Waals surface area (Å²) in [4.78, 5) is 16.9. The third-order valence-electron chi connectivity index (χ3n) is 5.11. The monoisotopic (exact) mass is 363 g/mol. The summed E-state index contributed by atoms with van der Waals surface area (Å²) < 4.78 is 0. The lowest BCUT2D eigenvalue weighted by molar-refractivity contribution is 0.0975. The molecule has 0 saturated heterocycles. The Morgan fingerprint density at radius 1 is 1.22 bits per heavy atom. The molecule has 1 aliphatic carbocycles. The third kappa shape index (κ3) is 3.89. The molecule has 0 spiro atoms. The molecule has 5 N–H and O–H groups in total. The number of rotatable bonds is 4. The lowest BCUT2D eigenvalue weighted by Gasteiger charge is -2.17. The van der Waals surface area contributed by atoms with Gasteiger partial charge in [0.05, 0.1) is 0 Å². The second-order valence-corrected chi connectivity index (χ2v) is 7.19. The predicted molar refractivity (Wildman–Crippen MR) is 110 cm³/mol. The van der Waals surface area contributed by atoms with E-state index in [4.69, 9.17) is 5.73 Å². The number of nitrogens with one attached hydrogen (secondary N) is 3. The van der Waals surface area contributed by atoms with Crippen LogP contribution in [0.25, 0.3) is 0 Å². The average Bonchev–Trinajstić information content (AvgIpc) is 3.51. The molecule has 2 aromatic carbocycles. The Morgan fingerprint density at radius 2 is 2.07 bits per heavy atom. The maximum atomic E-state index is 12.6. The van der Waals surface area contributed by atoms with E-state index in [9.17, 15) is 4.79 Å². The Kier molecular flexibility index (Phi) is 4.71. The largest absolute Gasteiger partial charge is 0.398 e. The van der Waals surface area contributed by atoms with Crippen LogP contribution in [-0.4, -0.2) is 25.0 Å². The van der Waals surface area contributed by atoms with Gasteiger partial charge < -0.3 is 16.4 Å². The van der Waals surface area contributed by atoms with Gasteiger partial charge in [-0.25, -0.2) is 0 Å². The van der Waals surface area contributed by atoms with Gasteiger partial charge in [0, 0.05) is 35.7 Å². The van der Waals surface area contributed by atoms with Crippen LogP contribution in [0.1, 0.15) is 46.7 Å². The number of carbonyl (C=O) groups is 1. The van der Waals surface area contributed by atoms with Crippen LogP contribution in [0.15, 0.2) is 41.4 Å². The fraction of sp³-hybridized carbons (Fsp3) is 0.333. The molecule has 1 aliphatic heterocycles. The summed E-state index contributed by atoms with van der Waals surface area (Å²) in [6, 6.07) is 11.7. The number of aliphatic imine (C=N–C) groups is 1. The van der Waals surface area contributed by atoms with Gasteiger partial charge >= 0.3 is 0 Å². The number of hydrogen-bond donors (Lipinski definition) is 4. The van der Waals surface area contributed by atoms with Crippen molar-refractivity contribution in [1.29, 1.82) is 0 Å². The molecule has 6 heteroatoms. The van der Waals surface area contributed by atoms with Crippen molar-refractivity contribution in [3.8, 4) is 0 Å². The summed E-state index contributed by atoms with van der Waals surface area (Å²) in [6.45, 7) is 3.60. The van der Waals surface area contributed by atoms with E-state index >= 15 is 0 Å². The van der Waals surface area contributed by atoms with Crippen LogP contribution < -0.4 is 21.7 Å². The number of nitrogens with two attached hydrogens (primary N) is 1. The molecule has 1 saturated carbocycles. The highest BCUT2D eigenvalue weighted by molar-refractivity contribution is 6.06. The Hall–Kier alpha value is -3.02. The molecule has 1 heterocycles. The van der Waals surface area contributed by atoms with Crippen LogP contribution in [0.4, 0.5) is 17.1 Å². The van der Waals surface area contributed by atoms with Gasteiger partial charge in [0.25, 0.3) is 5.91 Å². The summed E-state index contributed by atoms with van der Waals surface area (Å²) in [5, 5.41) is 9.49. The highest BCUT2D eigenvalue weighted by Gasteiger charge is 2.27. The first-order chi connectivity index (χ1) is 13.1. The van der Waals surface area contributed by atoms with E-state index in [2.05, 4.69) is 20.9 Å². The number of anilines is 3. The number of carbonyl (C=O) groups excluding carboxylic acids is 1. The summed E-state index contributed by atoms with van der Waals surface area (Å²) in [5.74, 6) is 0.945. The van der Waals surface area contributed by atoms with E-state index in [0.717, 1.165) is 55.0 Å². The van der Waals surface area contributed by atoms with Crippen LogP contribution in [0.2, 0.25) is 0 Å². The zero-order valence-corrected chi connectivity index (χ0v) is 15.5. The minimum Gasteiger partial charge on any atom is -0.398 e. The molecule has 2 aliphatic rings. The molecular weight excluding hydrogens is 338 g/mol. The van der Waals surface area contributed by atoms with Gasteiger partial charge in [0.1, 0.15) is 0 Å². The molecule has 4 rings (SSSR count). The summed E-state index contributed by atoms with van der Waals surface area (Å²) in [5.41, 5.74) is 11.7. The first-order valence-corrected chi connectivity index (χ1v) is 9.47. The zero-order chi connectivity index (χ0) is 18.8. The van der Waals surface area contributed by atoms with Gasteiger partial charge in [-0.05, 0) is 73.6 Å². The SMILES string of the molecule is Cc1c(N)cccc1Nc1ccc(C(=O)NC2=NCCCN2)cc1C1CC1. The summed E-state index contributed by atoms with van der Waals surface area (Å²) in [7, 11) is 0. The first kappa shape index (κ1) is 17.4. The van der Waals surface area contributed by atoms with E-state index < -0.39 is 0 Å². The molecule has 0 unspecified atom stereocenters. The molecule has 2 aromatic rings. The van der Waals surface area contributed by atoms with Crippen molar-refractivity contribution in [2.45, 2.75) is 32.1 Å². The number of nitrogens with zero attached hydrogens (tertiary/aromatic N) is 1. The van der Waals surface area contributed by atoms with E-state index in [1.54, 1.807) is 0 Å². The highest BCUT2D eigenvalue weighted by atomic mass is 16.1. The Morgan fingerprint density at radius 3 is 2.81 bits per heavy atom. The second-order valence-electron chi connectivity index (χ2n) is 7.19. The fourth-order valence-corrected chi connectivity index (χ4v) is 3.28. The van der Waals surface area contributed by atoms with Crippen molar-refractivity contribution in [1.82, 2.24) is 10.6 Å². The molecule has 27 heavy (non-hydrogen) atoms. The quantitative estimate of drug-likeness (QED) is 0.628. The molecule has 0 atom stereocenters. The lowest BCUT2D eigenvalue weighted by atomic mass is 10.0. The Balaban J connectivity index is 1.58. The second kappa shape index (κ2) is 7.31. The maximum Gasteiger partial charge on any atom is 0.257 e. The smallest absolute Gasteiger partial charge is 0.257 e. The minimum atomic E-state index is -0.128. The van der Waals surface area contributed by atoms with Crippen molar-refractivity contribution >= 4 is 28.9 Å². The normalized spacial score (nSPS) is 16.3.